The Bertz CT molecular complexity index is 1060. The van der Waals surface area contributed by atoms with E-state index in [9.17, 15) is 9.59 Å². The molecule has 2 aromatic carbocycles. The van der Waals surface area contributed by atoms with Crippen LogP contribution in [0.4, 0.5) is 4.79 Å². The van der Waals surface area contributed by atoms with Crippen LogP contribution in [0.1, 0.15) is 30.9 Å². The van der Waals surface area contributed by atoms with Gasteiger partial charge in [-0.25, -0.2) is 4.79 Å². The van der Waals surface area contributed by atoms with E-state index in [-0.39, 0.29) is 29.8 Å². The molecular weight excluding hydrogens is 416 g/mol. The largest absolute Gasteiger partial charge is 0.508 e. The van der Waals surface area contributed by atoms with Crippen LogP contribution in [0.5, 0.6) is 23.0 Å². The van der Waals surface area contributed by atoms with E-state index < -0.39 is 6.16 Å². The summed E-state index contributed by atoms with van der Waals surface area (Å²) >= 11 is 0. The molecule has 8 heteroatoms. The maximum absolute atomic E-state index is 12.7. The molecule has 0 bridgehead atoms. The third-order valence-corrected chi connectivity index (χ3v) is 5.28. The molecule has 0 saturated heterocycles. The third-order valence-electron chi connectivity index (χ3n) is 5.28. The number of benzene rings is 1. The molecule has 1 aliphatic carbocycles. The summed E-state index contributed by atoms with van der Waals surface area (Å²) in [7, 11) is 6.09. The molecule has 0 heterocycles. The van der Waals surface area contributed by atoms with E-state index in [1.807, 2.05) is 6.07 Å². The van der Waals surface area contributed by atoms with Crippen molar-refractivity contribution in [2.45, 2.75) is 32.3 Å². The zero-order valence-corrected chi connectivity index (χ0v) is 19.1. The fourth-order valence-corrected chi connectivity index (χ4v) is 3.94. The van der Waals surface area contributed by atoms with Crippen LogP contribution in [0.15, 0.2) is 29.1 Å². The van der Waals surface area contributed by atoms with Gasteiger partial charge in [-0.1, -0.05) is 6.07 Å². The van der Waals surface area contributed by atoms with E-state index in [0.29, 0.717) is 29.2 Å². The highest BCUT2D eigenvalue weighted by atomic mass is 16.7. The first-order valence-corrected chi connectivity index (χ1v) is 10.2. The summed E-state index contributed by atoms with van der Waals surface area (Å²) in [5.41, 5.74) is 2.91. The quantitative estimate of drug-likeness (QED) is 0.593. The molecule has 1 atom stereocenters. The second-order valence-corrected chi connectivity index (χ2v) is 7.59. The monoisotopic (exact) mass is 444 g/mol. The Kier molecular flexibility index (Phi) is 7.12. The lowest BCUT2D eigenvalue weighted by molar-refractivity contribution is 0.0309. The van der Waals surface area contributed by atoms with Crippen molar-refractivity contribution in [1.29, 1.82) is 0 Å². The third kappa shape index (κ3) is 4.44. The number of carbonyl (C=O) groups is 1. The molecule has 172 valence electrons. The topological polar surface area (TPSA) is 89.5 Å². The minimum Gasteiger partial charge on any atom is -0.493 e. The van der Waals surface area contributed by atoms with E-state index >= 15 is 0 Å². The van der Waals surface area contributed by atoms with Crippen molar-refractivity contribution in [2.75, 3.05) is 35.0 Å². The summed E-state index contributed by atoms with van der Waals surface area (Å²) in [5.74, 6) is 1.40. The Balaban J connectivity index is 2.19. The zero-order valence-electron chi connectivity index (χ0n) is 19.1. The van der Waals surface area contributed by atoms with Crippen molar-refractivity contribution in [3.8, 4) is 34.1 Å². The molecule has 0 aromatic heterocycles. The highest BCUT2D eigenvalue weighted by molar-refractivity contribution is 5.83. The summed E-state index contributed by atoms with van der Waals surface area (Å²) in [6, 6.07) is 6.83. The molecule has 3 rings (SSSR count). The molecule has 32 heavy (non-hydrogen) atoms. The number of hydrogen-bond donors (Lipinski definition) is 0. The van der Waals surface area contributed by atoms with Crippen LogP contribution in [-0.2, 0) is 15.9 Å². The van der Waals surface area contributed by atoms with Crippen LogP contribution < -0.4 is 24.4 Å². The number of fused-ring (bicyclic) bond motifs is 3. The van der Waals surface area contributed by atoms with Gasteiger partial charge in [0, 0.05) is 11.5 Å². The first-order valence-electron chi connectivity index (χ1n) is 10.2. The number of hydrogen-bond acceptors (Lipinski definition) is 8. The van der Waals surface area contributed by atoms with E-state index in [4.69, 9.17) is 28.4 Å². The van der Waals surface area contributed by atoms with Gasteiger partial charge in [0.05, 0.1) is 34.5 Å². The molecule has 0 fully saturated rings. The SMILES string of the molecule is COc1cc2c(c(OC)c1OC)-c1ccc(OC)c(=O)cc1[C@@H](COC(=O)OC(C)C)C2. The predicted molar refractivity (Wildman–Crippen MR) is 118 cm³/mol. The van der Waals surface area contributed by atoms with E-state index in [1.54, 1.807) is 40.2 Å². The average Bonchev–Trinajstić information content (AvgIpc) is 2.93. The molecule has 0 saturated carbocycles. The molecule has 2 aromatic rings. The second-order valence-electron chi connectivity index (χ2n) is 7.59. The van der Waals surface area contributed by atoms with Crippen LogP contribution in [-0.4, -0.2) is 47.3 Å². The summed E-state index contributed by atoms with van der Waals surface area (Å²) in [5, 5.41) is 0. The number of ether oxygens (including phenoxy) is 6. The maximum atomic E-state index is 12.7. The van der Waals surface area contributed by atoms with Crippen LogP contribution in [0.25, 0.3) is 11.1 Å². The standard InChI is InChI=1S/C24H28O8/c1-13(2)32-24(26)31-12-15-9-14-10-20(28-4)22(29-5)23(30-6)21(14)16-7-8-19(27-3)18(25)11-17(15)16/h7-8,10-11,13,15H,9,12H2,1-6H3/t15-/m1/s1. The van der Waals surface area contributed by atoms with Crippen molar-refractivity contribution in [2.24, 2.45) is 0 Å². The Morgan fingerprint density at radius 2 is 1.66 bits per heavy atom. The number of methoxy groups -OCH3 is 4. The molecule has 0 aliphatic heterocycles. The van der Waals surface area contributed by atoms with Crippen LogP contribution in [0.3, 0.4) is 0 Å². The maximum Gasteiger partial charge on any atom is 0.508 e. The second kappa shape index (κ2) is 9.80. The van der Waals surface area contributed by atoms with Gasteiger partial charge in [-0.05, 0) is 55.2 Å². The van der Waals surface area contributed by atoms with Crippen molar-refractivity contribution in [3.05, 3.63) is 45.6 Å². The van der Waals surface area contributed by atoms with Crippen molar-refractivity contribution >= 4 is 6.16 Å². The molecule has 0 unspecified atom stereocenters. The molecule has 0 N–H and O–H groups in total. The van der Waals surface area contributed by atoms with Crippen molar-refractivity contribution in [3.63, 3.8) is 0 Å². The molecule has 0 spiro atoms. The van der Waals surface area contributed by atoms with Gasteiger partial charge in [0.15, 0.2) is 17.2 Å². The summed E-state index contributed by atoms with van der Waals surface area (Å²) in [4.78, 5) is 24.7. The zero-order chi connectivity index (χ0) is 23.4. The Morgan fingerprint density at radius 3 is 2.25 bits per heavy atom. The molecule has 0 amide bonds. The first kappa shape index (κ1) is 23.2. The Hall–Kier alpha value is -3.42. The average molecular weight is 444 g/mol. The highest BCUT2D eigenvalue weighted by Crippen LogP contribution is 2.51. The van der Waals surface area contributed by atoms with Gasteiger partial charge < -0.3 is 28.4 Å². The minimum atomic E-state index is -0.752. The lowest BCUT2D eigenvalue weighted by Gasteiger charge is -2.29. The number of carbonyl (C=O) groups excluding carboxylic acids is 1. The van der Waals surface area contributed by atoms with E-state index in [0.717, 1.165) is 16.7 Å². The van der Waals surface area contributed by atoms with Gasteiger partial charge in [-0.2, -0.15) is 0 Å². The van der Waals surface area contributed by atoms with E-state index in [1.165, 1.54) is 20.3 Å². The lowest BCUT2D eigenvalue weighted by atomic mass is 9.79. The van der Waals surface area contributed by atoms with Crippen molar-refractivity contribution in [1.82, 2.24) is 0 Å². The normalized spacial score (nSPS) is 14.2. The van der Waals surface area contributed by atoms with Gasteiger partial charge in [0.25, 0.3) is 0 Å². The molecular formula is C24H28O8. The van der Waals surface area contributed by atoms with Gasteiger partial charge in [0.2, 0.25) is 11.2 Å². The minimum absolute atomic E-state index is 0.0421. The number of rotatable bonds is 7. The summed E-state index contributed by atoms with van der Waals surface area (Å²) < 4.78 is 32.4. The van der Waals surface area contributed by atoms with Gasteiger partial charge in [-0.15, -0.1) is 0 Å². The van der Waals surface area contributed by atoms with Crippen molar-refractivity contribution < 1.29 is 33.2 Å². The fraction of sp³-hybridized carbons (Fsp3) is 0.417. The predicted octanol–water partition coefficient (Wildman–Crippen LogP) is 3.95. The summed E-state index contributed by atoms with van der Waals surface area (Å²) in [6.07, 6.45) is -0.560. The van der Waals surface area contributed by atoms with Gasteiger partial charge >= 0.3 is 6.16 Å². The summed E-state index contributed by atoms with van der Waals surface area (Å²) in [6.45, 7) is 3.53. The lowest BCUT2D eigenvalue weighted by Crippen LogP contribution is -2.21. The molecule has 0 radical (unpaired) electrons. The highest BCUT2D eigenvalue weighted by Gasteiger charge is 2.32. The van der Waals surface area contributed by atoms with Crippen LogP contribution in [0, 0.1) is 0 Å². The van der Waals surface area contributed by atoms with E-state index in [2.05, 4.69) is 0 Å². The molecule has 8 nitrogen and oxygen atoms in total. The Morgan fingerprint density at radius 1 is 0.969 bits per heavy atom. The van der Waals surface area contributed by atoms with Gasteiger partial charge in [0.1, 0.15) is 6.61 Å². The first-order chi connectivity index (χ1) is 15.3. The smallest absolute Gasteiger partial charge is 0.493 e. The molecule has 1 aliphatic rings. The fourth-order valence-electron chi connectivity index (χ4n) is 3.94. The van der Waals surface area contributed by atoms with Crippen LogP contribution >= 0.6 is 0 Å². The van der Waals surface area contributed by atoms with Crippen LogP contribution in [0.2, 0.25) is 0 Å². The Labute approximate surface area is 187 Å². The van der Waals surface area contributed by atoms with Gasteiger partial charge in [-0.3, -0.25) is 4.79 Å².